The van der Waals surface area contributed by atoms with Gasteiger partial charge in [0.15, 0.2) is 5.78 Å². The third kappa shape index (κ3) is 4.42. The van der Waals surface area contributed by atoms with E-state index < -0.39 is 0 Å². The smallest absolute Gasteiger partial charge is 0.156 e. The van der Waals surface area contributed by atoms with Crippen LogP contribution in [0.4, 0.5) is 0 Å². The molecule has 0 aromatic rings. The molecule has 0 aliphatic carbocycles. The lowest BCUT2D eigenvalue weighted by Crippen LogP contribution is -2.56. The first-order valence-electron chi connectivity index (χ1n) is 7.51. The van der Waals surface area contributed by atoms with Crippen LogP contribution in [0.15, 0.2) is 0 Å². The molecule has 3 heteroatoms. The molecule has 1 N–H and O–H groups in total. The summed E-state index contributed by atoms with van der Waals surface area (Å²) in [5, 5.41) is 3.58. The van der Waals surface area contributed by atoms with Crippen LogP contribution < -0.4 is 5.32 Å². The summed E-state index contributed by atoms with van der Waals surface area (Å²) in [6.45, 7) is 17.2. The van der Waals surface area contributed by atoms with Gasteiger partial charge in [-0.1, -0.05) is 64.1 Å². The SMILES string of the molecule is CCC(C)(NC(C)C(=O)C(C)(CC)C(C)I)C(C)C. The van der Waals surface area contributed by atoms with Crippen molar-refractivity contribution in [3.8, 4) is 0 Å². The molecule has 0 aromatic carbocycles. The normalized spacial score (nSPS) is 21.6. The molecule has 0 aliphatic heterocycles. The first kappa shape index (κ1) is 19.4. The Kier molecular flexibility index (Phi) is 7.53. The van der Waals surface area contributed by atoms with Crippen LogP contribution in [0.1, 0.15) is 68.2 Å². The zero-order valence-corrected chi connectivity index (χ0v) is 16.1. The summed E-state index contributed by atoms with van der Waals surface area (Å²) in [7, 11) is 0. The number of hydrogen-bond acceptors (Lipinski definition) is 2. The van der Waals surface area contributed by atoms with Crippen LogP contribution in [-0.4, -0.2) is 21.3 Å². The van der Waals surface area contributed by atoms with Crippen molar-refractivity contribution in [3.05, 3.63) is 0 Å². The van der Waals surface area contributed by atoms with Gasteiger partial charge in [0, 0.05) is 14.9 Å². The average molecular weight is 381 g/mol. The van der Waals surface area contributed by atoms with E-state index >= 15 is 0 Å². The number of halogens is 1. The minimum atomic E-state index is -0.237. The summed E-state index contributed by atoms with van der Waals surface area (Å²) in [6.07, 6.45) is 1.93. The standard InChI is InChI=1S/C16H32INO/c1-9-15(7,13(6)17)14(19)12(5)18-16(8,10-2)11(3)4/h11-13,18H,9-10H2,1-8H3. The Hall–Kier alpha value is 0.360. The van der Waals surface area contributed by atoms with Crippen LogP contribution in [0.3, 0.4) is 0 Å². The van der Waals surface area contributed by atoms with E-state index in [1.54, 1.807) is 0 Å². The highest BCUT2D eigenvalue weighted by atomic mass is 127. The number of nitrogens with one attached hydrogen (secondary N) is 1. The van der Waals surface area contributed by atoms with Crippen LogP contribution in [-0.2, 0) is 4.79 Å². The Bertz CT molecular complexity index is 303. The van der Waals surface area contributed by atoms with Crippen molar-refractivity contribution in [3.63, 3.8) is 0 Å². The highest BCUT2D eigenvalue weighted by Crippen LogP contribution is 2.34. The van der Waals surface area contributed by atoms with Gasteiger partial charge in [-0.2, -0.15) is 0 Å². The Morgan fingerprint density at radius 2 is 1.58 bits per heavy atom. The van der Waals surface area contributed by atoms with Gasteiger partial charge in [-0.05, 0) is 32.6 Å². The average Bonchev–Trinajstić information content (AvgIpc) is 2.35. The molecule has 0 fully saturated rings. The lowest BCUT2D eigenvalue weighted by molar-refractivity contribution is -0.130. The van der Waals surface area contributed by atoms with E-state index in [0.717, 1.165) is 12.8 Å². The molecule has 0 bridgehead atoms. The fourth-order valence-corrected chi connectivity index (χ4v) is 3.13. The molecule has 4 unspecified atom stereocenters. The number of hydrogen-bond donors (Lipinski definition) is 1. The molecule has 0 spiro atoms. The predicted molar refractivity (Wildman–Crippen MR) is 93.0 cm³/mol. The Labute approximate surface area is 133 Å². The zero-order chi connectivity index (χ0) is 15.4. The first-order chi connectivity index (χ1) is 8.55. The van der Waals surface area contributed by atoms with Crippen molar-refractivity contribution in [1.29, 1.82) is 0 Å². The summed E-state index contributed by atoms with van der Waals surface area (Å²) >= 11 is 2.38. The molecule has 0 saturated heterocycles. The maximum Gasteiger partial charge on any atom is 0.156 e. The van der Waals surface area contributed by atoms with E-state index in [2.05, 4.69) is 76.4 Å². The predicted octanol–water partition coefficient (Wildman–Crippen LogP) is 4.60. The number of alkyl halides is 1. The maximum absolute atomic E-state index is 12.8. The van der Waals surface area contributed by atoms with E-state index in [-0.39, 0.29) is 17.0 Å². The number of ketones is 1. The van der Waals surface area contributed by atoms with Gasteiger partial charge in [0.05, 0.1) is 6.04 Å². The van der Waals surface area contributed by atoms with Crippen molar-refractivity contribution in [2.24, 2.45) is 11.3 Å². The lowest BCUT2D eigenvalue weighted by Gasteiger charge is -2.40. The molecule has 114 valence electrons. The van der Waals surface area contributed by atoms with Crippen LogP contribution >= 0.6 is 22.6 Å². The highest BCUT2D eigenvalue weighted by Gasteiger charge is 2.40. The second kappa shape index (κ2) is 7.39. The molecule has 0 rings (SSSR count). The number of carbonyl (C=O) groups is 1. The number of Topliss-reactive ketones (excluding diaryl/α,β-unsaturated/α-hetero) is 1. The van der Waals surface area contributed by atoms with Crippen LogP contribution in [0.25, 0.3) is 0 Å². The molecular formula is C16H32INO. The van der Waals surface area contributed by atoms with E-state index in [1.807, 2.05) is 6.92 Å². The monoisotopic (exact) mass is 381 g/mol. The zero-order valence-electron chi connectivity index (χ0n) is 13.9. The van der Waals surface area contributed by atoms with Crippen LogP contribution in [0.5, 0.6) is 0 Å². The first-order valence-corrected chi connectivity index (χ1v) is 8.75. The van der Waals surface area contributed by atoms with Crippen molar-refractivity contribution in [2.45, 2.75) is 83.7 Å². The van der Waals surface area contributed by atoms with E-state index in [9.17, 15) is 4.79 Å². The van der Waals surface area contributed by atoms with Gasteiger partial charge in [-0.25, -0.2) is 0 Å². The summed E-state index contributed by atoms with van der Waals surface area (Å²) in [6, 6.07) is -0.0884. The van der Waals surface area contributed by atoms with Gasteiger partial charge in [-0.15, -0.1) is 0 Å². The lowest BCUT2D eigenvalue weighted by atomic mass is 9.76. The van der Waals surface area contributed by atoms with E-state index in [0.29, 0.717) is 15.6 Å². The topological polar surface area (TPSA) is 29.1 Å². The molecular weight excluding hydrogens is 349 g/mol. The van der Waals surface area contributed by atoms with Gasteiger partial charge in [0.1, 0.15) is 0 Å². The minimum absolute atomic E-state index is 0.0260. The molecule has 0 aromatic heterocycles. The minimum Gasteiger partial charge on any atom is -0.302 e. The summed E-state index contributed by atoms with van der Waals surface area (Å²) in [4.78, 5) is 12.8. The highest BCUT2D eigenvalue weighted by molar-refractivity contribution is 14.1. The molecule has 0 radical (unpaired) electrons. The van der Waals surface area contributed by atoms with Crippen molar-refractivity contribution >= 4 is 28.4 Å². The Balaban J connectivity index is 5.02. The third-order valence-electron chi connectivity index (χ3n) is 5.12. The maximum atomic E-state index is 12.8. The van der Waals surface area contributed by atoms with Gasteiger partial charge >= 0.3 is 0 Å². The van der Waals surface area contributed by atoms with Crippen molar-refractivity contribution in [2.75, 3.05) is 0 Å². The van der Waals surface area contributed by atoms with Crippen molar-refractivity contribution < 1.29 is 4.79 Å². The largest absolute Gasteiger partial charge is 0.302 e. The summed E-state index contributed by atoms with van der Waals surface area (Å²) in [5.41, 5.74) is -0.211. The molecule has 19 heavy (non-hydrogen) atoms. The molecule has 2 nitrogen and oxygen atoms in total. The molecule has 0 aliphatic rings. The fraction of sp³-hybridized carbons (Fsp3) is 0.938. The fourth-order valence-electron chi connectivity index (χ4n) is 2.38. The second-order valence-corrected chi connectivity index (χ2v) is 8.41. The molecule has 4 atom stereocenters. The molecule has 0 heterocycles. The van der Waals surface area contributed by atoms with E-state index in [1.165, 1.54) is 0 Å². The summed E-state index contributed by atoms with van der Waals surface area (Å²) in [5.74, 6) is 0.856. The molecule has 0 amide bonds. The van der Waals surface area contributed by atoms with Gasteiger partial charge < -0.3 is 5.32 Å². The number of rotatable bonds is 8. The van der Waals surface area contributed by atoms with Crippen molar-refractivity contribution in [1.82, 2.24) is 5.32 Å². The van der Waals surface area contributed by atoms with Gasteiger partial charge in [0.2, 0.25) is 0 Å². The quantitative estimate of drug-likeness (QED) is 0.492. The van der Waals surface area contributed by atoms with Crippen LogP contribution in [0, 0.1) is 11.3 Å². The van der Waals surface area contributed by atoms with Crippen LogP contribution in [0.2, 0.25) is 0 Å². The van der Waals surface area contributed by atoms with Gasteiger partial charge in [0.25, 0.3) is 0 Å². The summed E-state index contributed by atoms with van der Waals surface area (Å²) < 4.78 is 0.346. The Morgan fingerprint density at radius 1 is 1.11 bits per heavy atom. The third-order valence-corrected chi connectivity index (χ3v) is 6.50. The van der Waals surface area contributed by atoms with E-state index in [4.69, 9.17) is 0 Å². The number of carbonyl (C=O) groups excluding carboxylic acids is 1. The Morgan fingerprint density at radius 3 is 1.84 bits per heavy atom. The molecule has 0 saturated carbocycles. The van der Waals surface area contributed by atoms with Gasteiger partial charge in [-0.3, -0.25) is 4.79 Å². The second-order valence-electron chi connectivity index (χ2n) is 6.54.